The monoisotopic (exact) mass is 432 g/mol. The van der Waals surface area contributed by atoms with Crippen LogP contribution in [0.3, 0.4) is 0 Å². The van der Waals surface area contributed by atoms with Gasteiger partial charge in [-0.25, -0.2) is 4.98 Å². The summed E-state index contributed by atoms with van der Waals surface area (Å²) in [6.07, 6.45) is -2.20. The molecule has 30 heavy (non-hydrogen) atoms. The van der Waals surface area contributed by atoms with Gasteiger partial charge in [-0.15, -0.1) is 0 Å². The van der Waals surface area contributed by atoms with Gasteiger partial charge in [0.2, 0.25) is 6.20 Å². The highest BCUT2D eigenvalue weighted by atomic mass is 35.5. The van der Waals surface area contributed by atoms with Gasteiger partial charge >= 0.3 is 6.18 Å². The van der Waals surface area contributed by atoms with Crippen molar-refractivity contribution in [2.45, 2.75) is 6.18 Å². The number of anilines is 1. The number of hydrogen-bond acceptors (Lipinski definition) is 3. The lowest BCUT2D eigenvalue weighted by molar-refractivity contribution is -0.604. The van der Waals surface area contributed by atoms with Crippen LogP contribution in [0.15, 0.2) is 60.9 Å². The Kier molecular flexibility index (Phi) is 4.83. The van der Waals surface area contributed by atoms with Crippen molar-refractivity contribution in [3.63, 3.8) is 0 Å². The zero-order chi connectivity index (χ0) is 21.5. The Bertz CT molecular complexity index is 1270. The number of benzene rings is 2. The zero-order valence-corrected chi connectivity index (χ0v) is 15.8. The van der Waals surface area contributed by atoms with Crippen LogP contribution in [0.2, 0.25) is 5.02 Å². The van der Waals surface area contributed by atoms with Gasteiger partial charge in [0, 0.05) is 16.7 Å². The lowest BCUT2D eigenvalue weighted by atomic mass is 10.1. The molecule has 4 aromatic rings. The van der Waals surface area contributed by atoms with Crippen molar-refractivity contribution < 1.29 is 22.7 Å². The standard InChI is InChI=1S/C20H12ClF3N4O2/c21-11-6-7-13(15(9-11)20(22,23)24)18-26-16-5-1-4-14(17(16)27-18)19(29)25-12-3-2-8-28(30)10-12/h1-10H,(H,25,29)(H,26,27). The average molecular weight is 433 g/mol. The third-order valence-electron chi connectivity index (χ3n) is 4.33. The minimum absolute atomic E-state index is 0.0497. The summed E-state index contributed by atoms with van der Waals surface area (Å²) in [5.41, 5.74) is -0.151. The van der Waals surface area contributed by atoms with Crippen molar-refractivity contribution in [3.8, 4) is 11.4 Å². The lowest BCUT2D eigenvalue weighted by Crippen LogP contribution is -2.25. The topological polar surface area (TPSA) is 84.7 Å². The zero-order valence-electron chi connectivity index (χ0n) is 15.0. The summed E-state index contributed by atoms with van der Waals surface area (Å²) in [6, 6.07) is 11.0. The van der Waals surface area contributed by atoms with Gasteiger partial charge in [0.1, 0.15) is 17.0 Å². The van der Waals surface area contributed by atoms with Gasteiger partial charge in [0.05, 0.1) is 16.6 Å². The number of aromatic nitrogens is 3. The molecule has 2 N–H and O–H groups in total. The van der Waals surface area contributed by atoms with E-state index in [-0.39, 0.29) is 33.2 Å². The van der Waals surface area contributed by atoms with Crippen molar-refractivity contribution in [2.24, 2.45) is 0 Å². The first-order chi connectivity index (χ1) is 14.2. The number of rotatable bonds is 3. The van der Waals surface area contributed by atoms with Gasteiger partial charge in [-0.1, -0.05) is 17.7 Å². The molecule has 0 fully saturated rings. The first-order valence-electron chi connectivity index (χ1n) is 8.58. The second kappa shape index (κ2) is 7.34. The van der Waals surface area contributed by atoms with Crippen LogP contribution in [-0.4, -0.2) is 15.9 Å². The Morgan fingerprint density at radius 1 is 1.17 bits per heavy atom. The number of nitrogens with one attached hydrogen (secondary N) is 2. The van der Waals surface area contributed by atoms with Gasteiger partial charge in [-0.05, 0) is 36.4 Å². The Morgan fingerprint density at radius 2 is 1.97 bits per heavy atom. The minimum atomic E-state index is -4.64. The number of hydrogen-bond donors (Lipinski definition) is 2. The van der Waals surface area contributed by atoms with E-state index in [0.717, 1.165) is 6.07 Å². The number of para-hydroxylation sites is 1. The van der Waals surface area contributed by atoms with E-state index in [1.54, 1.807) is 12.1 Å². The van der Waals surface area contributed by atoms with E-state index in [0.29, 0.717) is 10.2 Å². The number of carbonyl (C=O) groups is 1. The van der Waals surface area contributed by atoms with Crippen molar-refractivity contribution in [2.75, 3.05) is 5.32 Å². The molecule has 0 radical (unpaired) electrons. The molecule has 0 saturated carbocycles. The maximum Gasteiger partial charge on any atom is 0.417 e. The number of carbonyl (C=O) groups excluding carboxylic acids is 1. The number of pyridine rings is 1. The molecule has 152 valence electrons. The number of halogens is 4. The molecule has 0 aliphatic heterocycles. The van der Waals surface area contributed by atoms with Crippen molar-refractivity contribution in [3.05, 3.63) is 82.3 Å². The van der Waals surface area contributed by atoms with E-state index in [9.17, 15) is 23.2 Å². The van der Waals surface area contributed by atoms with Crippen LogP contribution >= 0.6 is 11.6 Å². The first kappa shape index (κ1) is 19.7. The molecule has 0 unspecified atom stereocenters. The van der Waals surface area contributed by atoms with Crippen LogP contribution in [0.5, 0.6) is 0 Å². The average Bonchev–Trinajstić information content (AvgIpc) is 3.11. The number of fused-ring (bicyclic) bond motifs is 1. The molecule has 10 heteroatoms. The van der Waals surface area contributed by atoms with Crippen molar-refractivity contribution in [1.29, 1.82) is 0 Å². The predicted molar refractivity (Wildman–Crippen MR) is 105 cm³/mol. The number of aromatic amines is 1. The van der Waals surface area contributed by atoms with Crippen LogP contribution in [0.25, 0.3) is 22.4 Å². The molecule has 2 aromatic carbocycles. The number of imidazole rings is 1. The first-order valence-corrected chi connectivity index (χ1v) is 8.96. The quantitative estimate of drug-likeness (QED) is 0.360. The summed E-state index contributed by atoms with van der Waals surface area (Å²) in [5.74, 6) is -0.608. The normalized spacial score (nSPS) is 11.6. The van der Waals surface area contributed by atoms with E-state index in [2.05, 4.69) is 15.3 Å². The molecule has 0 spiro atoms. The van der Waals surface area contributed by atoms with Gasteiger partial charge in [0.25, 0.3) is 5.91 Å². The van der Waals surface area contributed by atoms with Gasteiger partial charge in [-0.3, -0.25) is 4.79 Å². The Morgan fingerprint density at radius 3 is 2.70 bits per heavy atom. The van der Waals surface area contributed by atoms with Crippen LogP contribution < -0.4 is 10.0 Å². The van der Waals surface area contributed by atoms with Crippen molar-refractivity contribution >= 4 is 34.2 Å². The minimum Gasteiger partial charge on any atom is -0.619 e. The highest BCUT2D eigenvalue weighted by molar-refractivity contribution is 6.30. The number of amides is 1. The molecule has 2 aromatic heterocycles. The van der Waals surface area contributed by atoms with Crippen LogP contribution in [0.1, 0.15) is 15.9 Å². The summed E-state index contributed by atoms with van der Waals surface area (Å²) in [5, 5.41) is 13.9. The van der Waals surface area contributed by atoms with E-state index < -0.39 is 17.6 Å². The molecule has 4 rings (SSSR count). The molecular weight excluding hydrogens is 421 g/mol. The van der Waals surface area contributed by atoms with Gasteiger partial charge in [-0.2, -0.15) is 17.9 Å². The molecule has 1 amide bonds. The Hall–Kier alpha value is -3.59. The molecule has 2 heterocycles. The van der Waals surface area contributed by atoms with Crippen LogP contribution in [0.4, 0.5) is 18.9 Å². The SMILES string of the molecule is O=C(Nc1ccc[n+]([O-])c1)c1cccc2[nH]c(-c3ccc(Cl)cc3C(F)(F)F)nc12. The molecule has 0 bridgehead atoms. The Balaban J connectivity index is 1.78. The largest absolute Gasteiger partial charge is 0.619 e. The molecule has 6 nitrogen and oxygen atoms in total. The maximum absolute atomic E-state index is 13.5. The molecule has 0 aliphatic carbocycles. The second-order valence-electron chi connectivity index (χ2n) is 6.38. The molecule has 0 saturated heterocycles. The summed E-state index contributed by atoms with van der Waals surface area (Å²) in [4.78, 5) is 19.7. The number of nitrogens with zero attached hydrogens (tertiary/aromatic N) is 2. The lowest BCUT2D eigenvalue weighted by Gasteiger charge is -2.11. The summed E-state index contributed by atoms with van der Waals surface area (Å²) < 4.78 is 40.9. The summed E-state index contributed by atoms with van der Waals surface area (Å²) in [7, 11) is 0. The van der Waals surface area contributed by atoms with Crippen LogP contribution in [0, 0.1) is 5.21 Å². The highest BCUT2D eigenvalue weighted by Gasteiger charge is 2.34. The fourth-order valence-electron chi connectivity index (χ4n) is 3.03. The van der Waals surface area contributed by atoms with Gasteiger partial charge < -0.3 is 15.5 Å². The van der Waals surface area contributed by atoms with Crippen LogP contribution in [-0.2, 0) is 6.18 Å². The van der Waals surface area contributed by atoms with Gasteiger partial charge in [0.15, 0.2) is 6.20 Å². The van der Waals surface area contributed by atoms with E-state index >= 15 is 0 Å². The molecule has 0 atom stereocenters. The molecule has 0 aliphatic rings. The third kappa shape index (κ3) is 3.79. The predicted octanol–water partition coefficient (Wildman–Crippen LogP) is 4.79. The Labute approximate surface area is 172 Å². The fraction of sp³-hybridized carbons (Fsp3) is 0.0500. The number of H-pyrrole nitrogens is 1. The highest BCUT2D eigenvalue weighted by Crippen LogP contribution is 2.38. The third-order valence-corrected chi connectivity index (χ3v) is 4.57. The molecular formula is C20H12ClF3N4O2. The summed E-state index contributed by atoms with van der Waals surface area (Å²) >= 11 is 5.74. The van der Waals surface area contributed by atoms with E-state index in [4.69, 9.17) is 11.6 Å². The van der Waals surface area contributed by atoms with Crippen molar-refractivity contribution in [1.82, 2.24) is 9.97 Å². The maximum atomic E-state index is 13.5. The number of alkyl halides is 3. The van der Waals surface area contributed by atoms with E-state index in [1.165, 1.54) is 42.7 Å². The smallest absolute Gasteiger partial charge is 0.417 e. The van der Waals surface area contributed by atoms with E-state index in [1.807, 2.05) is 0 Å². The second-order valence-corrected chi connectivity index (χ2v) is 6.82. The fourth-order valence-corrected chi connectivity index (χ4v) is 3.20. The summed E-state index contributed by atoms with van der Waals surface area (Å²) in [6.45, 7) is 0.